The molecule has 0 saturated carbocycles. The Kier molecular flexibility index (Phi) is 5.97. The highest BCUT2D eigenvalue weighted by atomic mass is 32.2. The standard InChI is InChI=1S/C16H15F3N2O2S/c1-23-14-5-3-2-4-11(14)10-20-15(22)21-12-6-8-13(9-7-12)24-16(17,18)19/h2-9H,10H2,1H3,(H2,20,21,22). The number of amides is 2. The summed E-state index contributed by atoms with van der Waals surface area (Å²) in [6.45, 7) is 0.262. The summed E-state index contributed by atoms with van der Waals surface area (Å²) in [4.78, 5) is 11.9. The first-order valence-electron chi connectivity index (χ1n) is 6.90. The second-order valence-corrected chi connectivity index (χ2v) is 5.83. The van der Waals surface area contributed by atoms with Crippen LogP contribution in [-0.4, -0.2) is 18.6 Å². The summed E-state index contributed by atoms with van der Waals surface area (Å²) >= 11 is -0.202. The normalized spacial score (nSPS) is 11.0. The van der Waals surface area contributed by atoms with Crippen molar-refractivity contribution in [3.05, 3.63) is 54.1 Å². The van der Waals surface area contributed by atoms with Crippen LogP contribution in [0.1, 0.15) is 5.56 Å². The number of urea groups is 1. The first kappa shape index (κ1) is 18.0. The van der Waals surface area contributed by atoms with Crippen LogP contribution < -0.4 is 15.4 Å². The van der Waals surface area contributed by atoms with Gasteiger partial charge in [-0.15, -0.1) is 0 Å². The number of alkyl halides is 3. The average Bonchev–Trinajstić information content (AvgIpc) is 2.53. The van der Waals surface area contributed by atoms with E-state index in [2.05, 4.69) is 10.6 Å². The summed E-state index contributed by atoms with van der Waals surface area (Å²) in [5.41, 5.74) is -3.12. The number of benzene rings is 2. The average molecular weight is 356 g/mol. The largest absolute Gasteiger partial charge is 0.496 e. The number of rotatable bonds is 5. The van der Waals surface area contributed by atoms with E-state index in [1.807, 2.05) is 18.2 Å². The summed E-state index contributed by atoms with van der Waals surface area (Å²) in [7, 11) is 1.54. The quantitative estimate of drug-likeness (QED) is 0.768. The number of carbonyl (C=O) groups excluding carboxylic acids is 1. The zero-order chi connectivity index (χ0) is 17.6. The van der Waals surface area contributed by atoms with Gasteiger partial charge in [-0.25, -0.2) is 4.79 Å². The number of para-hydroxylation sites is 1. The van der Waals surface area contributed by atoms with E-state index in [4.69, 9.17) is 4.74 Å². The van der Waals surface area contributed by atoms with Crippen molar-refractivity contribution in [2.24, 2.45) is 0 Å². The maximum Gasteiger partial charge on any atom is 0.446 e. The highest BCUT2D eigenvalue weighted by molar-refractivity contribution is 8.00. The monoisotopic (exact) mass is 356 g/mol. The van der Waals surface area contributed by atoms with Crippen molar-refractivity contribution in [1.82, 2.24) is 5.32 Å². The minimum atomic E-state index is -4.33. The Labute approximate surface area is 141 Å². The highest BCUT2D eigenvalue weighted by Crippen LogP contribution is 2.37. The molecule has 0 bridgehead atoms. The Morgan fingerprint density at radius 1 is 1.12 bits per heavy atom. The molecular formula is C16H15F3N2O2S. The molecule has 2 aromatic carbocycles. The smallest absolute Gasteiger partial charge is 0.446 e. The molecule has 128 valence electrons. The van der Waals surface area contributed by atoms with Crippen LogP contribution in [-0.2, 0) is 6.54 Å². The van der Waals surface area contributed by atoms with Crippen LogP contribution in [0.5, 0.6) is 5.75 Å². The minimum Gasteiger partial charge on any atom is -0.496 e. The van der Waals surface area contributed by atoms with Crippen LogP contribution in [0, 0.1) is 0 Å². The minimum absolute atomic E-state index is 0.0579. The van der Waals surface area contributed by atoms with Gasteiger partial charge in [0, 0.05) is 22.7 Å². The van der Waals surface area contributed by atoms with Crippen molar-refractivity contribution in [1.29, 1.82) is 0 Å². The Hall–Kier alpha value is -2.35. The van der Waals surface area contributed by atoms with Gasteiger partial charge in [-0.05, 0) is 42.1 Å². The number of hydrogen-bond donors (Lipinski definition) is 2. The molecular weight excluding hydrogens is 341 g/mol. The molecule has 0 atom stereocenters. The third kappa shape index (κ3) is 5.69. The molecule has 4 nitrogen and oxygen atoms in total. The van der Waals surface area contributed by atoms with Crippen molar-refractivity contribution < 1.29 is 22.7 Å². The lowest BCUT2D eigenvalue weighted by Gasteiger charge is -2.11. The number of ether oxygens (including phenoxy) is 1. The van der Waals surface area contributed by atoms with Gasteiger partial charge in [0.25, 0.3) is 0 Å². The van der Waals surface area contributed by atoms with Crippen molar-refractivity contribution in [3.8, 4) is 5.75 Å². The second-order valence-electron chi connectivity index (χ2n) is 4.69. The van der Waals surface area contributed by atoms with E-state index >= 15 is 0 Å². The number of halogens is 3. The SMILES string of the molecule is COc1ccccc1CNC(=O)Nc1ccc(SC(F)(F)F)cc1. The first-order chi connectivity index (χ1) is 11.4. The van der Waals surface area contributed by atoms with Crippen molar-refractivity contribution in [2.75, 3.05) is 12.4 Å². The highest BCUT2D eigenvalue weighted by Gasteiger charge is 2.29. The molecule has 0 heterocycles. The van der Waals surface area contributed by atoms with Gasteiger partial charge >= 0.3 is 11.5 Å². The van der Waals surface area contributed by atoms with E-state index in [0.717, 1.165) is 5.56 Å². The Balaban J connectivity index is 1.88. The molecule has 0 saturated heterocycles. The predicted octanol–water partition coefficient (Wildman–Crippen LogP) is 4.63. The number of methoxy groups -OCH3 is 1. The van der Waals surface area contributed by atoms with E-state index in [9.17, 15) is 18.0 Å². The molecule has 0 fully saturated rings. The van der Waals surface area contributed by atoms with E-state index in [-0.39, 0.29) is 23.2 Å². The summed E-state index contributed by atoms with van der Waals surface area (Å²) in [6.07, 6.45) is 0. The molecule has 8 heteroatoms. The Morgan fingerprint density at radius 3 is 2.42 bits per heavy atom. The van der Waals surface area contributed by atoms with Gasteiger partial charge in [0.15, 0.2) is 0 Å². The Morgan fingerprint density at radius 2 is 1.79 bits per heavy atom. The molecule has 0 aliphatic heterocycles. The zero-order valence-corrected chi connectivity index (χ0v) is 13.5. The molecule has 0 radical (unpaired) electrons. The number of carbonyl (C=O) groups is 1. The van der Waals surface area contributed by atoms with E-state index < -0.39 is 11.5 Å². The number of thioether (sulfide) groups is 1. The van der Waals surface area contributed by atoms with Gasteiger partial charge in [-0.1, -0.05) is 18.2 Å². The molecule has 2 aromatic rings. The van der Waals surface area contributed by atoms with Crippen LogP contribution in [0.15, 0.2) is 53.4 Å². The van der Waals surface area contributed by atoms with Gasteiger partial charge in [0.05, 0.1) is 7.11 Å². The summed E-state index contributed by atoms with van der Waals surface area (Å²) < 4.78 is 41.9. The Bertz CT molecular complexity index is 690. The van der Waals surface area contributed by atoms with Crippen LogP contribution in [0.4, 0.5) is 23.7 Å². The van der Waals surface area contributed by atoms with Crippen LogP contribution >= 0.6 is 11.8 Å². The van der Waals surface area contributed by atoms with Crippen LogP contribution in [0.2, 0.25) is 0 Å². The lowest BCUT2D eigenvalue weighted by molar-refractivity contribution is -0.0328. The fourth-order valence-electron chi connectivity index (χ4n) is 1.94. The van der Waals surface area contributed by atoms with Crippen LogP contribution in [0.3, 0.4) is 0 Å². The first-order valence-corrected chi connectivity index (χ1v) is 7.71. The van der Waals surface area contributed by atoms with E-state index in [0.29, 0.717) is 11.4 Å². The molecule has 2 amide bonds. The van der Waals surface area contributed by atoms with Gasteiger partial charge in [-0.2, -0.15) is 13.2 Å². The van der Waals surface area contributed by atoms with Gasteiger partial charge < -0.3 is 15.4 Å². The molecule has 2 rings (SSSR count). The third-order valence-corrected chi connectivity index (χ3v) is 3.72. The number of nitrogens with one attached hydrogen (secondary N) is 2. The van der Waals surface area contributed by atoms with Crippen LogP contribution in [0.25, 0.3) is 0 Å². The van der Waals surface area contributed by atoms with Crippen molar-refractivity contribution >= 4 is 23.5 Å². The lowest BCUT2D eigenvalue weighted by Crippen LogP contribution is -2.28. The number of anilines is 1. The fourth-order valence-corrected chi connectivity index (χ4v) is 2.48. The topological polar surface area (TPSA) is 50.4 Å². The van der Waals surface area contributed by atoms with Gasteiger partial charge in [0.1, 0.15) is 5.75 Å². The molecule has 0 unspecified atom stereocenters. The molecule has 24 heavy (non-hydrogen) atoms. The second kappa shape index (κ2) is 7.96. The van der Waals surface area contributed by atoms with Gasteiger partial charge in [0.2, 0.25) is 0 Å². The van der Waals surface area contributed by atoms with Gasteiger partial charge in [-0.3, -0.25) is 0 Å². The maximum atomic E-state index is 12.2. The molecule has 0 spiro atoms. The van der Waals surface area contributed by atoms with E-state index in [1.54, 1.807) is 13.2 Å². The lowest BCUT2D eigenvalue weighted by atomic mass is 10.2. The fraction of sp³-hybridized carbons (Fsp3) is 0.188. The molecule has 0 aliphatic rings. The predicted molar refractivity (Wildman–Crippen MR) is 87.2 cm³/mol. The molecule has 2 N–H and O–H groups in total. The van der Waals surface area contributed by atoms with E-state index in [1.165, 1.54) is 24.3 Å². The van der Waals surface area contributed by atoms with Crippen molar-refractivity contribution in [3.63, 3.8) is 0 Å². The molecule has 0 aromatic heterocycles. The third-order valence-electron chi connectivity index (χ3n) is 2.98. The molecule has 0 aliphatic carbocycles. The number of hydrogen-bond acceptors (Lipinski definition) is 3. The summed E-state index contributed by atoms with van der Waals surface area (Å²) in [6, 6.07) is 12.2. The summed E-state index contributed by atoms with van der Waals surface area (Å²) in [5, 5.41) is 5.22. The van der Waals surface area contributed by atoms with Crippen molar-refractivity contribution in [2.45, 2.75) is 16.9 Å². The zero-order valence-electron chi connectivity index (χ0n) is 12.7. The summed E-state index contributed by atoms with van der Waals surface area (Å²) in [5.74, 6) is 0.659. The maximum absolute atomic E-state index is 12.2.